The van der Waals surface area contributed by atoms with E-state index in [1.165, 1.54) is 24.3 Å². The van der Waals surface area contributed by atoms with E-state index in [1.807, 2.05) is 0 Å². The van der Waals surface area contributed by atoms with Crippen LogP contribution in [-0.4, -0.2) is 81.9 Å². The van der Waals surface area contributed by atoms with Crippen molar-refractivity contribution in [3.63, 3.8) is 0 Å². The third-order valence-electron chi connectivity index (χ3n) is 4.79. The van der Waals surface area contributed by atoms with Crippen LogP contribution in [0.15, 0.2) is 24.3 Å². The molecule has 0 radical (unpaired) electrons. The second-order valence-electron chi connectivity index (χ2n) is 7.11. The Hall–Kier alpha value is -2.24. The van der Waals surface area contributed by atoms with Crippen LogP contribution in [0.3, 0.4) is 0 Å². The lowest BCUT2D eigenvalue weighted by Crippen LogP contribution is -2.60. The highest BCUT2D eigenvalue weighted by Gasteiger charge is 2.44. The quantitative estimate of drug-likeness (QED) is 0.448. The fraction of sp³-hybridized carbons (Fsp3) is 0.579. The van der Waals surface area contributed by atoms with Crippen LogP contribution in [0.2, 0.25) is 0 Å². The van der Waals surface area contributed by atoms with Gasteiger partial charge in [0.2, 0.25) is 6.29 Å². The van der Waals surface area contributed by atoms with Crippen LogP contribution in [-0.2, 0) is 19.0 Å². The van der Waals surface area contributed by atoms with Crippen molar-refractivity contribution >= 4 is 11.9 Å². The van der Waals surface area contributed by atoms with Crippen molar-refractivity contribution in [2.75, 3.05) is 6.61 Å². The molecule has 0 aromatic heterocycles. The predicted octanol–water partition coefficient (Wildman–Crippen LogP) is -0.884. The Balaban J connectivity index is 1.59. The number of carbonyl (C=O) groups is 2. The zero-order valence-corrected chi connectivity index (χ0v) is 15.7. The number of ether oxygens (including phenoxy) is 4. The van der Waals surface area contributed by atoms with Gasteiger partial charge in [-0.1, -0.05) is 0 Å². The minimum atomic E-state index is -1.55. The van der Waals surface area contributed by atoms with E-state index in [4.69, 9.17) is 18.9 Å². The van der Waals surface area contributed by atoms with Crippen LogP contribution in [0.5, 0.6) is 5.75 Å². The zero-order valence-electron chi connectivity index (χ0n) is 15.7. The molecule has 10 nitrogen and oxygen atoms in total. The summed E-state index contributed by atoms with van der Waals surface area (Å²) in [6, 6.07) is 5.75. The Morgan fingerprint density at radius 2 is 1.83 bits per heavy atom. The molecule has 0 amide bonds. The first-order valence-corrected chi connectivity index (χ1v) is 9.26. The molecule has 3 rings (SSSR count). The smallest absolute Gasteiger partial charge is 0.338 e. The molecule has 0 unspecified atom stereocenters. The van der Waals surface area contributed by atoms with Crippen molar-refractivity contribution in [3.05, 3.63) is 29.8 Å². The Morgan fingerprint density at radius 1 is 1.14 bits per heavy atom. The number of carbonyl (C=O) groups excluding carboxylic acids is 2. The first-order valence-electron chi connectivity index (χ1n) is 9.26. The number of hydrogen-bond acceptors (Lipinski definition) is 10. The van der Waals surface area contributed by atoms with E-state index in [0.29, 0.717) is 6.42 Å². The summed E-state index contributed by atoms with van der Waals surface area (Å²) >= 11 is 0. The largest absolute Gasteiger partial charge is 0.462 e. The molecule has 29 heavy (non-hydrogen) atoms. The fourth-order valence-electron chi connectivity index (χ4n) is 3.24. The van der Waals surface area contributed by atoms with Crippen LogP contribution in [0.4, 0.5) is 0 Å². The topological polar surface area (TPSA) is 152 Å². The maximum Gasteiger partial charge on any atom is 0.338 e. The summed E-state index contributed by atoms with van der Waals surface area (Å²) in [5, 5.41) is 38.8. The number of esters is 2. The lowest BCUT2D eigenvalue weighted by Gasteiger charge is -2.39. The Labute approximate surface area is 166 Å². The van der Waals surface area contributed by atoms with Crippen LogP contribution in [0, 0.1) is 0 Å². The van der Waals surface area contributed by atoms with Crippen molar-refractivity contribution in [1.82, 2.24) is 0 Å². The van der Waals surface area contributed by atoms with Crippen LogP contribution < -0.4 is 4.74 Å². The summed E-state index contributed by atoms with van der Waals surface area (Å²) < 4.78 is 21.1. The van der Waals surface area contributed by atoms with Gasteiger partial charge in [0.25, 0.3) is 0 Å². The zero-order chi connectivity index (χ0) is 21.1. The molecule has 2 aliphatic rings. The van der Waals surface area contributed by atoms with Gasteiger partial charge in [0.15, 0.2) is 0 Å². The molecule has 0 aliphatic carbocycles. The lowest BCUT2D eigenvalue weighted by atomic mass is 9.99. The van der Waals surface area contributed by atoms with Crippen molar-refractivity contribution < 1.29 is 49.0 Å². The second kappa shape index (κ2) is 9.06. The van der Waals surface area contributed by atoms with Crippen LogP contribution >= 0.6 is 0 Å². The minimum Gasteiger partial charge on any atom is -0.462 e. The normalized spacial score (nSPS) is 34.9. The third-order valence-corrected chi connectivity index (χ3v) is 4.79. The molecule has 1 aromatic rings. The maximum atomic E-state index is 12.3. The minimum absolute atomic E-state index is 0.00832. The monoisotopic (exact) mass is 412 g/mol. The highest BCUT2D eigenvalue weighted by atomic mass is 16.7. The van der Waals surface area contributed by atoms with Gasteiger partial charge in [-0.15, -0.1) is 0 Å². The average Bonchev–Trinajstić information content (AvgIpc) is 2.68. The molecule has 0 spiro atoms. The van der Waals surface area contributed by atoms with E-state index in [-0.39, 0.29) is 23.8 Å². The van der Waals surface area contributed by atoms with Gasteiger partial charge in [-0.3, -0.25) is 4.79 Å². The summed E-state index contributed by atoms with van der Waals surface area (Å²) in [5.41, 5.74) is 0.234. The van der Waals surface area contributed by atoms with Crippen LogP contribution in [0.25, 0.3) is 0 Å². The van der Waals surface area contributed by atoms with Gasteiger partial charge < -0.3 is 39.4 Å². The molecular formula is C19H24O10. The molecule has 2 aliphatic heterocycles. The van der Waals surface area contributed by atoms with E-state index >= 15 is 0 Å². The van der Waals surface area contributed by atoms with E-state index in [1.54, 1.807) is 6.92 Å². The number of aliphatic hydroxyl groups is 4. The molecule has 160 valence electrons. The summed E-state index contributed by atoms with van der Waals surface area (Å²) in [5.74, 6) is -0.790. The van der Waals surface area contributed by atoms with Crippen LogP contribution in [0.1, 0.15) is 30.1 Å². The highest BCUT2D eigenvalue weighted by molar-refractivity contribution is 5.89. The molecule has 7 atom stereocenters. The van der Waals surface area contributed by atoms with Gasteiger partial charge in [0, 0.05) is 6.42 Å². The summed E-state index contributed by atoms with van der Waals surface area (Å²) in [6.07, 6.45) is -7.41. The summed E-state index contributed by atoms with van der Waals surface area (Å²) in [7, 11) is 0. The number of benzene rings is 1. The molecule has 0 saturated carbocycles. The standard InChI is InChI=1S/C19H24O10/c1-9-6-12(7-14(21)26-9)27-18(25)10-2-4-11(5-3-10)28-19-17(24)16(23)15(22)13(8-20)29-19/h2-5,9,12-13,15-17,19-20,22-24H,6-8H2,1H3/t9-,12-,13+,15+,16-,17+,19+/m0/s1. The molecule has 1 aromatic carbocycles. The molecule has 0 bridgehead atoms. The molecule has 2 fully saturated rings. The number of hydrogen-bond donors (Lipinski definition) is 4. The van der Waals surface area contributed by atoms with Crippen molar-refractivity contribution in [2.24, 2.45) is 0 Å². The Bertz CT molecular complexity index is 718. The SMILES string of the molecule is C[C@H]1C[C@H](OC(=O)c2ccc(O[C@@H]3O[C@H](CO)[C@@H](O)[C@H](O)[C@H]3O)cc2)CC(=O)O1. The first kappa shape index (κ1) is 21.5. The number of aliphatic hydroxyl groups excluding tert-OH is 4. The molecule has 4 N–H and O–H groups in total. The third kappa shape index (κ3) is 5.03. The second-order valence-corrected chi connectivity index (χ2v) is 7.11. The molecular weight excluding hydrogens is 388 g/mol. The van der Waals surface area contributed by atoms with Gasteiger partial charge in [0.05, 0.1) is 18.6 Å². The summed E-state index contributed by atoms with van der Waals surface area (Å²) in [6.45, 7) is 1.16. The van der Waals surface area contributed by atoms with Crippen molar-refractivity contribution in [1.29, 1.82) is 0 Å². The van der Waals surface area contributed by atoms with Gasteiger partial charge in [-0.25, -0.2) is 4.79 Å². The number of cyclic esters (lactones) is 1. The molecule has 2 heterocycles. The van der Waals surface area contributed by atoms with Gasteiger partial charge in [0.1, 0.15) is 42.4 Å². The van der Waals surface area contributed by atoms with Crippen molar-refractivity contribution in [2.45, 2.75) is 62.7 Å². The highest BCUT2D eigenvalue weighted by Crippen LogP contribution is 2.25. The van der Waals surface area contributed by atoms with Gasteiger partial charge >= 0.3 is 11.9 Å². The average molecular weight is 412 g/mol. The van der Waals surface area contributed by atoms with Gasteiger partial charge in [-0.2, -0.15) is 0 Å². The summed E-state index contributed by atoms with van der Waals surface area (Å²) in [4.78, 5) is 23.7. The lowest BCUT2D eigenvalue weighted by molar-refractivity contribution is -0.277. The molecule has 2 saturated heterocycles. The van der Waals surface area contributed by atoms with E-state index in [0.717, 1.165) is 0 Å². The Morgan fingerprint density at radius 3 is 2.45 bits per heavy atom. The number of rotatable bonds is 5. The Kier molecular flexibility index (Phi) is 6.70. The molecule has 10 heteroatoms. The maximum absolute atomic E-state index is 12.3. The fourth-order valence-corrected chi connectivity index (χ4v) is 3.24. The van der Waals surface area contributed by atoms with Gasteiger partial charge in [-0.05, 0) is 31.2 Å². The van der Waals surface area contributed by atoms with Crippen molar-refractivity contribution in [3.8, 4) is 5.75 Å². The van der Waals surface area contributed by atoms with E-state index in [9.17, 15) is 30.0 Å². The predicted molar refractivity (Wildman–Crippen MR) is 94.8 cm³/mol. The first-order chi connectivity index (χ1) is 13.8. The van der Waals surface area contributed by atoms with E-state index in [2.05, 4.69) is 0 Å². The van der Waals surface area contributed by atoms with E-state index < -0.39 is 55.4 Å².